The largest absolute Gasteiger partial charge is 0.387 e. The van der Waals surface area contributed by atoms with E-state index in [9.17, 15) is 0 Å². The van der Waals surface area contributed by atoms with Gasteiger partial charge in [0, 0.05) is 6.42 Å². The minimum absolute atomic E-state index is 0.748. The van der Waals surface area contributed by atoms with Crippen LogP contribution in [0.3, 0.4) is 0 Å². The molecule has 0 spiro atoms. The lowest BCUT2D eigenvalue weighted by Crippen LogP contribution is -2.15. The second-order valence-electron chi connectivity index (χ2n) is 3.89. The fourth-order valence-corrected chi connectivity index (χ4v) is 2.16. The molecule has 74 valence electrons. The molecular formula is C13H12N2. The number of aliphatic imine (C=N–C) groups is 1. The molecule has 1 aliphatic rings. The number of amidine groups is 1. The smallest absolute Gasteiger partial charge is 0.0999 e. The van der Waals surface area contributed by atoms with Crippen LogP contribution in [0, 0.1) is 0 Å². The number of hydrogen-bond acceptors (Lipinski definition) is 2. The topological polar surface area (TPSA) is 38.4 Å². The summed E-state index contributed by atoms with van der Waals surface area (Å²) in [6, 6.07) is 12.6. The minimum atomic E-state index is 0.748. The second-order valence-corrected chi connectivity index (χ2v) is 3.89. The molecule has 0 bridgehead atoms. The van der Waals surface area contributed by atoms with Crippen LogP contribution in [0.25, 0.3) is 10.8 Å². The molecule has 0 unspecified atom stereocenters. The van der Waals surface area contributed by atoms with Crippen LogP contribution in [0.4, 0.5) is 5.69 Å². The molecule has 0 aromatic heterocycles. The highest BCUT2D eigenvalue weighted by molar-refractivity contribution is 5.94. The van der Waals surface area contributed by atoms with Crippen LogP contribution in [-0.2, 0) is 6.42 Å². The molecule has 2 aromatic rings. The zero-order valence-electron chi connectivity index (χ0n) is 8.40. The number of benzene rings is 2. The van der Waals surface area contributed by atoms with Crippen molar-refractivity contribution in [3.05, 3.63) is 42.0 Å². The van der Waals surface area contributed by atoms with Crippen LogP contribution in [0.2, 0.25) is 0 Å². The average molecular weight is 196 g/mol. The Morgan fingerprint density at radius 3 is 2.80 bits per heavy atom. The summed E-state index contributed by atoms with van der Waals surface area (Å²) < 4.78 is 0. The van der Waals surface area contributed by atoms with Crippen molar-refractivity contribution in [1.29, 1.82) is 0 Å². The van der Waals surface area contributed by atoms with Gasteiger partial charge in [0.1, 0.15) is 0 Å². The Hall–Kier alpha value is -1.83. The van der Waals surface area contributed by atoms with E-state index in [0.29, 0.717) is 0 Å². The lowest BCUT2D eigenvalue weighted by molar-refractivity contribution is 1.01. The molecule has 0 saturated carbocycles. The SMILES string of the molecule is NC1=Nc2ccc3ccccc3c2CC1. The van der Waals surface area contributed by atoms with Gasteiger partial charge in [-0.05, 0) is 28.8 Å². The summed E-state index contributed by atoms with van der Waals surface area (Å²) in [5, 5.41) is 2.60. The molecule has 0 fully saturated rings. The quantitative estimate of drug-likeness (QED) is 0.691. The van der Waals surface area contributed by atoms with Crippen molar-refractivity contribution >= 4 is 22.3 Å². The molecule has 0 radical (unpaired) electrons. The highest BCUT2D eigenvalue weighted by Gasteiger charge is 2.12. The van der Waals surface area contributed by atoms with Crippen molar-refractivity contribution < 1.29 is 0 Å². The molecule has 2 heteroatoms. The summed E-state index contributed by atoms with van der Waals surface area (Å²) in [5.41, 5.74) is 8.12. The third-order valence-corrected chi connectivity index (χ3v) is 2.91. The van der Waals surface area contributed by atoms with Gasteiger partial charge in [0.2, 0.25) is 0 Å². The number of nitrogens with two attached hydrogens (primary N) is 1. The maximum absolute atomic E-state index is 5.74. The zero-order valence-corrected chi connectivity index (χ0v) is 8.40. The second kappa shape index (κ2) is 3.09. The van der Waals surface area contributed by atoms with Gasteiger partial charge in [-0.2, -0.15) is 0 Å². The predicted octanol–water partition coefficient (Wildman–Crippen LogP) is 2.77. The highest BCUT2D eigenvalue weighted by atomic mass is 14.9. The first-order chi connectivity index (χ1) is 7.34. The number of rotatable bonds is 0. The van der Waals surface area contributed by atoms with Crippen LogP contribution in [0.5, 0.6) is 0 Å². The van der Waals surface area contributed by atoms with Gasteiger partial charge < -0.3 is 5.73 Å². The summed E-state index contributed by atoms with van der Waals surface area (Å²) in [7, 11) is 0. The van der Waals surface area contributed by atoms with Gasteiger partial charge >= 0.3 is 0 Å². The maximum Gasteiger partial charge on any atom is 0.0999 e. The molecule has 2 nitrogen and oxygen atoms in total. The van der Waals surface area contributed by atoms with Crippen LogP contribution in [0.15, 0.2) is 41.4 Å². The first-order valence-corrected chi connectivity index (χ1v) is 5.18. The van der Waals surface area contributed by atoms with Crippen molar-refractivity contribution in [2.24, 2.45) is 10.7 Å². The van der Waals surface area contributed by atoms with Gasteiger partial charge in [-0.25, -0.2) is 4.99 Å². The van der Waals surface area contributed by atoms with E-state index in [1.807, 2.05) is 0 Å². The van der Waals surface area contributed by atoms with Crippen molar-refractivity contribution in [3.63, 3.8) is 0 Å². The van der Waals surface area contributed by atoms with Crippen molar-refractivity contribution in [2.75, 3.05) is 0 Å². The number of aryl methyl sites for hydroxylation is 1. The van der Waals surface area contributed by atoms with E-state index >= 15 is 0 Å². The first-order valence-electron chi connectivity index (χ1n) is 5.18. The van der Waals surface area contributed by atoms with Crippen molar-refractivity contribution in [3.8, 4) is 0 Å². The fourth-order valence-electron chi connectivity index (χ4n) is 2.16. The summed E-state index contributed by atoms with van der Waals surface area (Å²) in [4.78, 5) is 4.39. The van der Waals surface area contributed by atoms with Crippen LogP contribution in [-0.4, -0.2) is 5.84 Å². The van der Waals surface area contributed by atoms with Crippen LogP contribution < -0.4 is 5.73 Å². The Morgan fingerprint density at radius 1 is 1.00 bits per heavy atom. The summed E-state index contributed by atoms with van der Waals surface area (Å²) in [5.74, 6) is 0.748. The fraction of sp³-hybridized carbons (Fsp3) is 0.154. The molecule has 1 aliphatic heterocycles. The molecular weight excluding hydrogens is 184 g/mol. The van der Waals surface area contributed by atoms with E-state index in [1.54, 1.807) is 0 Å². The number of nitrogens with zero attached hydrogens (tertiary/aromatic N) is 1. The summed E-state index contributed by atoms with van der Waals surface area (Å²) in [6.07, 6.45) is 1.88. The Balaban J connectivity index is 2.35. The van der Waals surface area contributed by atoms with E-state index in [1.165, 1.54) is 16.3 Å². The van der Waals surface area contributed by atoms with Crippen molar-refractivity contribution in [1.82, 2.24) is 0 Å². The molecule has 1 heterocycles. The van der Waals surface area contributed by atoms with E-state index in [2.05, 4.69) is 41.4 Å². The molecule has 0 aliphatic carbocycles. The lowest BCUT2D eigenvalue weighted by Gasteiger charge is -2.15. The molecule has 2 N–H and O–H groups in total. The molecule has 15 heavy (non-hydrogen) atoms. The van der Waals surface area contributed by atoms with Gasteiger partial charge in [-0.3, -0.25) is 0 Å². The Bertz CT molecular complexity index is 555. The third kappa shape index (κ3) is 1.30. The molecule has 3 rings (SSSR count). The molecule has 0 saturated heterocycles. The van der Waals surface area contributed by atoms with Gasteiger partial charge in [-0.1, -0.05) is 30.3 Å². The standard InChI is InChI=1S/C13H12N2/c14-13-8-6-11-10-4-2-1-3-9(10)5-7-12(11)15-13/h1-5,7H,6,8H2,(H2,14,15). The predicted molar refractivity (Wildman–Crippen MR) is 63.6 cm³/mol. The normalized spacial score (nSPS) is 14.8. The van der Waals surface area contributed by atoms with E-state index in [0.717, 1.165) is 24.4 Å². The average Bonchev–Trinajstić information content (AvgIpc) is 2.28. The third-order valence-electron chi connectivity index (χ3n) is 2.91. The van der Waals surface area contributed by atoms with Crippen LogP contribution in [0.1, 0.15) is 12.0 Å². The van der Waals surface area contributed by atoms with Crippen molar-refractivity contribution in [2.45, 2.75) is 12.8 Å². The lowest BCUT2D eigenvalue weighted by atomic mass is 9.97. The first kappa shape index (κ1) is 8.48. The van der Waals surface area contributed by atoms with Gasteiger partial charge in [0.05, 0.1) is 11.5 Å². The summed E-state index contributed by atoms with van der Waals surface area (Å²) in [6.45, 7) is 0. The van der Waals surface area contributed by atoms with Gasteiger partial charge in [-0.15, -0.1) is 0 Å². The summed E-state index contributed by atoms with van der Waals surface area (Å²) >= 11 is 0. The van der Waals surface area contributed by atoms with Gasteiger partial charge in [0.15, 0.2) is 0 Å². The Labute approximate surface area is 88.4 Å². The zero-order chi connectivity index (χ0) is 10.3. The number of hydrogen-bond donors (Lipinski definition) is 1. The van der Waals surface area contributed by atoms with E-state index in [-0.39, 0.29) is 0 Å². The molecule has 0 amide bonds. The van der Waals surface area contributed by atoms with Crippen LogP contribution >= 0.6 is 0 Å². The molecule has 2 aromatic carbocycles. The highest BCUT2D eigenvalue weighted by Crippen LogP contribution is 2.31. The maximum atomic E-state index is 5.74. The Kier molecular flexibility index (Phi) is 1.75. The Morgan fingerprint density at radius 2 is 1.87 bits per heavy atom. The van der Waals surface area contributed by atoms with Gasteiger partial charge in [0.25, 0.3) is 0 Å². The molecule has 0 atom stereocenters. The van der Waals surface area contributed by atoms with E-state index < -0.39 is 0 Å². The minimum Gasteiger partial charge on any atom is -0.387 e. The van der Waals surface area contributed by atoms with E-state index in [4.69, 9.17) is 5.73 Å². The monoisotopic (exact) mass is 196 g/mol. The number of fused-ring (bicyclic) bond motifs is 3.